The van der Waals surface area contributed by atoms with Gasteiger partial charge >= 0.3 is 18.0 Å². The van der Waals surface area contributed by atoms with Crippen LogP contribution in [0.3, 0.4) is 0 Å². The van der Waals surface area contributed by atoms with Crippen molar-refractivity contribution in [2.24, 2.45) is 0 Å². The van der Waals surface area contributed by atoms with E-state index in [0.29, 0.717) is 0 Å². The van der Waals surface area contributed by atoms with Crippen molar-refractivity contribution < 1.29 is 27.2 Å². The topological polar surface area (TPSA) is 71.3 Å². The molecule has 0 atom stereocenters. The number of alkyl halides is 3. The zero-order chi connectivity index (χ0) is 20.1. The van der Waals surface area contributed by atoms with Crippen LogP contribution in [-0.2, 0) is 22.3 Å². The first-order valence-corrected chi connectivity index (χ1v) is 8.21. The predicted octanol–water partition coefficient (Wildman–Crippen LogP) is 4.22. The van der Waals surface area contributed by atoms with E-state index < -0.39 is 23.6 Å². The van der Waals surface area contributed by atoms with Crippen molar-refractivity contribution in [1.29, 1.82) is 0 Å². The minimum Gasteiger partial charge on any atom is -0.472 e. The van der Waals surface area contributed by atoms with Crippen LogP contribution in [0.1, 0.15) is 11.1 Å². The highest BCUT2D eigenvalue weighted by Gasteiger charge is 2.30. The summed E-state index contributed by atoms with van der Waals surface area (Å²) in [5, 5.41) is 4.58. The number of rotatable bonds is 4. The van der Waals surface area contributed by atoms with Gasteiger partial charge in [-0.05, 0) is 35.4 Å². The van der Waals surface area contributed by atoms with Gasteiger partial charge in [0.2, 0.25) is 0 Å². The third-order valence-corrected chi connectivity index (χ3v) is 3.92. The lowest BCUT2D eigenvalue weighted by Crippen LogP contribution is -2.35. The molecule has 0 saturated heterocycles. The molecule has 3 rings (SSSR count). The van der Waals surface area contributed by atoms with Gasteiger partial charge in [-0.2, -0.15) is 13.2 Å². The van der Waals surface area contributed by atoms with Gasteiger partial charge in [-0.1, -0.05) is 30.3 Å². The van der Waals surface area contributed by atoms with Gasteiger partial charge in [-0.15, -0.1) is 0 Å². The lowest BCUT2D eigenvalue weighted by Gasteiger charge is -2.10. The first-order chi connectivity index (χ1) is 13.3. The van der Waals surface area contributed by atoms with E-state index in [9.17, 15) is 22.8 Å². The maximum Gasteiger partial charge on any atom is 0.416 e. The molecular weight excluding hydrogens is 373 g/mol. The molecule has 0 aliphatic rings. The minimum atomic E-state index is -4.54. The Morgan fingerprint density at radius 1 is 0.929 bits per heavy atom. The third-order valence-electron chi connectivity index (χ3n) is 3.92. The molecule has 1 heterocycles. The molecule has 2 amide bonds. The average Bonchev–Trinajstić information content (AvgIpc) is 3.21. The van der Waals surface area contributed by atoms with Crippen molar-refractivity contribution in [2.45, 2.75) is 12.7 Å². The van der Waals surface area contributed by atoms with Crippen molar-refractivity contribution >= 4 is 17.5 Å². The van der Waals surface area contributed by atoms with Crippen molar-refractivity contribution in [2.75, 3.05) is 5.32 Å². The molecule has 3 aromatic rings. The molecule has 0 saturated carbocycles. The van der Waals surface area contributed by atoms with Gasteiger partial charge in [0.05, 0.1) is 18.1 Å². The highest BCUT2D eigenvalue weighted by molar-refractivity contribution is 6.39. The molecule has 0 bridgehead atoms. The Morgan fingerprint density at radius 2 is 1.68 bits per heavy atom. The van der Waals surface area contributed by atoms with Crippen LogP contribution in [0.4, 0.5) is 18.9 Å². The van der Waals surface area contributed by atoms with Crippen LogP contribution in [0.5, 0.6) is 0 Å². The number of nitrogens with one attached hydrogen (secondary N) is 2. The Hall–Kier alpha value is -3.55. The molecule has 0 fully saturated rings. The second-order valence-corrected chi connectivity index (χ2v) is 5.92. The Balaban J connectivity index is 1.55. The molecular formula is C20H15F3N2O3. The molecule has 8 heteroatoms. The lowest BCUT2D eigenvalue weighted by atomic mass is 10.1. The van der Waals surface area contributed by atoms with E-state index in [1.54, 1.807) is 24.7 Å². The summed E-state index contributed by atoms with van der Waals surface area (Å²) in [6.07, 6.45) is -1.37. The van der Waals surface area contributed by atoms with Gasteiger partial charge in [-0.25, -0.2) is 0 Å². The summed E-state index contributed by atoms with van der Waals surface area (Å²) < 4.78 is 43.1. The summed E-state index contributed by atoms with van der Waals surface area (Å²) in [5.74, 6) is -1.99. The number of anilines is 1. The Kier molecular flexibility index (Phi) is 5.49. The van der Waals surface area contributed by atoms with Crippen molar-refractivity contribution in [3.63, 3.8) is 0 Å². The fraction of sp³-hybridized carbons (Fsp3) is 0.100. The van der Waals surface area contributed by atoms with E-state index in [1.807, 2.05) is 18.2 Å². The number of carbonyl (C=O) groups excluding carboxylic acids is 2. The fourth-order valence-electron chi connectivity index (χ4n) is 2.47. The Labute approximate surface area is 158 Å². The first-order valence-electron chi connectivity index (χ1n) is 8.21. The average molecular weight is 388 g/mol. The number of carbonyl (C=O) groups is 2. The zero-order valence-electron chi connectivity index (χ0n) is 14.4. The molecule has 5 nitrogen and oxygen atoms in total. The highest BCUT2D eigenvalue weighted by Crippen LogP contribution is 2.30. The van der Waals surface area contributed by atoms with Crippen LogP contribution in [0.25, 0.3) is 11.1 Å². The van der Waals surface area contributed by atoms with Crippen LogP contribution in [0.15, 0.2) is 71.5 Å². The molecule has 2 N–H and O–H groups in total. The van der Waals surface area contributed by atoms with Gasteiger partial charge in [0, 0.05) is 17.8 Å². The second kappa shape index (κ2) is 7.99. The fourth-order valence-corrected chi connectivity index (χ4v) is 2.47. The molecule has 0 unspecified atom stereocenters. The van der Waals surface area contributed by atoms with Crippen molar-refractivity contribution in [3.05, 3.63) is 78.3 Å². The minimum absolute atomic E-state index is 0.0977. The van der Waals surface area contributed by atoms with Gasteiger partial charge in [-0.3, -0.25) is 9.59 Å². The van der Waals surface area contributed by atoms with E-state index in [4.69, 9.17) is 4.42 Å². The summed E-state index contributed by atoms with van der Waals surface area (Å²) in [6, 6.07) is 13.1. The number of hydrogen-bond acceptors (Lipinski definition) is 3. The molecule has 2 aromatic carbocycles. The smallest absolute Gasteiger partial charge is 0.416 e. The standard InChI is InChI=1S/C20H15F3N2O3/c21-20(22,23)16-2-1-3-17(10-16)25-19(27)18(26)24-11-13-4-6-14(7-5-13)15-8-9-28-12-15/h1-10,12H,11H2,(H,24,26)(H,25,27). The maximum atomic E-state index is 12.7. The van der Waals surface area contributed by atoms with Gasteiger partial charge < -0.3 is 15.1 Å². The van der Waals surface area contributed by atoms with Crippen LogP contribution >= 0.6 is 0 Å². The second-order valence-electron chi connectivity index (χ2n) is 5.92. The van der Waals surface area contributed by atoms with E-state index in [-0.39, 0.29) is 12.2 Å². The third kappa shape index (κ3) is 4.79. The van der Waals surface area contributed by atoms with Crippen molar-refractivity contribution in [3.8, 4) is 11.1 Å². The SMILES string of the molecule is O=C(NCc1ccc(-c2ccoc2)cc1)C(=O)Nc1cccc(C(F)(F)F)c1. The molecule has 0 aliphatic heterocycles. The Morgan fingerprint density at radius 3 is 2.32 bits per heavy atom. The molecule has 0 aliphatic carbocycles. The molecule has 1 aromatic heterocycles. The van der Waals surface area contributed by atoms with Crippen LogP contribution in [-0.4, -0.2) is 11.8 Å². The number of amides is 2. The largest absolute Gasteiger partial charge is 0.472 e. The monoisotopic (exact) mass is 388 g/mol. The van der Waals surface area contributed by atoms with E-state index >= 15 is 0 Å². The van der Waals surface area contributed by atoms with Crippen LogP contribution < -0.4 is 10.6 Å². The number of furan rings is 1. The van der Waals surface area contributed by atoms with Gasteiger partial charge in [0.25, 0.3) is 0 Å². The normalized spacial score (nSPS) is 11.1. The lowest BCUT2D eigenvalue weighted by molar-refractivity contribution is -0.137. The number of benzene rings is 2. The molecule has 144 valence electrons. The quantitative estimate of drug-likeness (QED) is 0.658. The molecule has 0 spiro atoms. The number of hydrogen-bond donors (Lipinski definition) is 2. The van der Waals surface area contributed by atoms with Crippen LogP contribution in [0.2, 0.25) is 0 Å². The zero-order valence-corrected chi connectivity index (χ0v) is 14.4. The highest BCUT2D eigenvalue weighted by atomic mass is 19.4. The summed E-state index contributed by atoms with van der Waals surface area (Å²) in [7, 11) is 0. The Bertz CT molecular complexity index is 965. The van der Waals surface area contributed by atoms with E-state index in [2.05, 4.69) is 10.6 Å². The van der Waals surface area contributed by atoms with Gasteiger partial charge in [0.1, 0.15) is 0 Å². The molecule has 0 radical (unpaired) electrons. The molecule has 28 heavy (non-hydrogen) atoms. The summed E-state index contributed by atoms with van der Waals surface area (Å²) >= 11 is 0. The maximum absolute atomic E-state index is 12.7. The van der Waals surface area contributed by atoms with Gasteiger partial charge in [0.15, 0.2) is 0 Å². The predicted molar refractivity (Wildman–Crippen MR) is 96.1 cm³/mol. The van der Waals surface area contributed by atoms with E-state index in [0.717, 1.165) is 34.9 Å². The van der Waals surface area contributed by atoms with E-state index in [1.165, 1.54) is 6.07 Å². The van der Waals surface area contributed by atoms with Crippen molar-refractivity contribution in [1.82, 2.24) is 5.32 Å². The first kappa shape index (κ1) is 19.2. The summed E-state index contributed by atoms with van der Waals surface area (Å²) in [6.45, 7) is 0.0977. The number of halogens is 3. The summed E-state index contributed by atoms with van der Waals surface area (Å²) in [4.78, 5) is 23.8. The summed E-state index contributed by atoms with van der Waals surface area (Å²) in [5.41, 5.74) is 1.58. The van der Waals surface area contributed by atoms with Crippen LogP contribution in [0, 0.1) is 0 Å².